The van der Waals surface area contributed by atoms with Crippen LogP contribution in [0.2, 0.25) is 0 Å². The number of nitrogens with one attached hydrogen (secondary N) is 1. The smallest absolute Gasteiger partial charge is 0.137 e. The third kappa shape index (κ3) is 5.11. The monoisotopic (exact) mass is 369 g/mol. The second kappa shape index (κ2) is 8.54. The molecule has 21 heavy (non-hydrogen) atoms. The third-order valence-corrected chi connectivity index (χ3v) is 4.51. The second-order valence-corrected chi connectivity index (χ2v) is 6.46. The largest absolute Gasteiger partial charge is 0.383 e. The lowest BCUT2D eigenvalue weighted by Gasteiger charge is -2.11. The van der Waals surface area contributed by atoms with Crippen molar-refractivity contribution in [3.05, 3.63) is 58.3 Å². The molecule has 0 saturated carbocycles. The first-order valence-electron chi connectivity index (χ1n) is 6.61. The number of methoxy groups -OCH3 is 1. The Kier molecular flexibility index (Phi) is 6.70. The summed E-state index contributed by atoms with van der Waals surface area (Å²) in [5.74, 6) is -0.189. The van der Waals surface area contributed by atoms with E-state index in [4.69, 9.17) is 4.74 Å². The first kappa shape index (κ1) is 16.5. The Morgan fingerprint density at radius 2 is 2.05 bits per heavy atom. The summed E-state index contributed by atoms with van der Waals surface area (Å²) < 4.78 is 20.1. The average molecular weight is 370 g/mol. The molecule has 0 amide bonds. The predicted molar refractivity (Wildman–Crippen MR) is 88.2 cm³/mol. The number of rotatable bonds is 7. The summed E-state index contributed by atoms with van der Waals surface area (Å²) in [6.45, 7) is 2.01. The van der Waals surface area contributed by atoms with Crippen LogP contribution in [0.15, 0.2) is 56.7 Å². The summed E-state index contributed by atoms with van der Waals surface area (Å²) in [6, 6.07) is 13.1. The molecule has 0 unspecified atom stereocenters. The van der Waals surface area contributed by atoms with Crippen LogP contribution in [0.25, 0.3) is 0 Å². The Morgan fingerprint density at radius 1 is 1.24 bits per heavy atom. The maximum Gasteiger partial charge on any atom is 0.137 e. The highest BCUT2D eigenvalue weighted by atomic mass is 79.9. The van der Waals surface area contributed by atoms with Gasteiger partial charge in [-0.1, -0.05) is 45.9 Å². The van der Waals surface area contributed by atoms with Crippen LogP contribution in [0, 0.1) is 5.82 Å². The zero-order chi connectivity index (χ0) is 15.1. The average Bonchev–Trinajstić information content (AvgIpc) is 2.47. The summed E-state index contributed by atoms with van der Waals surface area (Å²) in [5.41, 5.74) is 0.955. The summed E-state index contributed by atoms with van der Waals surface area (Å²) in [5, 5.41) is 3.25. The third-order valence-electron chi connectivity index (χ3n) is 2.86. The first-order chi connectivity index (χ1) is 10.2. The molecule has 1 N–H and O–H groups in total. The molecule has 0 bridgehead atoms. The molecular weight excluding hydrogens is 353 g/mol. The Bertz CT molecular complexity index is 594. The number of ether oxygens (including phenoxy) is 1. The molecule has 0 spiro atoms. The van der Waals surface area contributed by atoms with Crippen LogP contribution in [0.1, 0.15) is 5.56 Å². The Balaban J connectivity index is 2.13. The summed E-state index contributed by atoms with van der Waals surface area (Å²) in [7, 11) is 1.67. The molecule has 112 valence electrons. The van der Waals surface area contributed by atoms with Gasteiger partial charge < -0.3 is 10.1 Å². The molecule has 0 atom stereocenters. The van der Waals surface area contributed by atoms with Gasteiger partial charge in [0.15, 0.2) is 0 Å². The fraction of sp³-hybridized carbons (Fsp3) is 0.250. The van der Waals surface area contributed by atoms with Crippen molar-refractivity contribution in [2.24, 2.45) is 0 Å². The van der Waals surface area contributed by atoms with E-state index in [1.165, 1.54) is 17.8 Å². The zero-order valence-corrected chi connectivity index (χ0v) is 14.1. The van der Waals surface area contributed by atoms with Crippen LogP contribution >= 0.6 is 27.7 Å². The molecule has 0 aliphatic heterocycles. The minimum atomic E-state index is -0.189. The highest BCUT2D eigenvalue weighted by molar-refractivity contribution is 9.10. The number of hydrogen-bond acceptors (Lipinski definition) is 3. The van der Waals surface area contributed by atoms with Crippen LogP contribution in [0.5, 0.6) is 0 Å². The second-order valence-electron chi connectivity index (χ2n) is 4.46. The fourth-order valence-corrected chi connectivity index (χ4v) is 3.41. The molecule has 2 nitrogen and oxygen atoms in total. The summed E-state index contributed by atoms with van der Waals surface area (Å²) >= 11 is 4.88. The lowest BCUT2D eigenvalue weighted by atomic mass is 10.2. The van der Waals surface area contributed by atoms with E-state index >= 15 is 0 Å². The molecule has 0 aromatic heterocycles. The van der Waals surface area contributed by atoms with Gasteiger partial charge in [0.1, 0.15) is 5.82 Å². The lowest BCUT2D eigenvalue weighted by Crippen LogP contribution is -2.19. The number of halogens is 2. The van der Waals surface area contributed by atoms with Crippen molar-refractivity contribution in [1.29, 1.82) is 0 Å². The molecule has 0 radical (unpaired) electrons. The molecule has 0 heterocycles. The molecule has 0 saturated heterocycles. The Hall–Kier alpha value is -0.880. The predicted octanol–water partition coefficient (Wildman–Crippen LogP) is 4.48. The van der Waals surface area contributed by atoms with E-state index in [0.29, 0.717) is 18.0 Å². The molecule has 2 aromatic carbocycles. The van der Waals surface area contributed by atoms with Gasteiger partial charge in [0.25, 0.3) is 0 Å². The fourth-order valence-electron chi connectivity index (χ4n) is 1.85. The van der Waals surface area contributed by atoms with E-state index in [9.17, 15) is 4.39 Å². The minimum Gasteiger partial charge on any atom is -0.383 e. The van der Waals surface area contributed by atoms with Gasteiger partial charge in [-0.05, 0) is 29.8 Å². The van der Waals surface area contributed by atoms with Crippen molar-refractivity contribution in [3.63, 3.8) is 0 Å². The van der Waals surface area contributed by atoms with Crippen molar-refractivity contribution in [2.75, 3.05) is 20.3 Å². The van der Waals surface area contributed by atoms with Crippen LogP contribution in [0.3, 0.4) is 0 Å². The molecule has 0 fully saturated rings. The molecule has 0 aliphatic carbocycles. The van der Waals surface area contributed by atoms with Crippen LogP contribution < -0.4 is 5.32 Å². The number of benzene rings is 2. The van der Waals surface area contributed by atoms with Gasteiger partial charge in [0.05, 0.1) is 11.5 Å². The van der Waals surface area contributed by atoms with Gasteiger partial charge in [0.2, 0.25) is 0 Å². The van der Waals surface area contributed by atoms with Crippen LogP contribution in [0.4, 0.5) is 4.39 Å². The van der Waals surface area contributed by atoms with Crippen molar-refractivity contribution >= 4 is 27.7 Å². The maximum atomic E-state index is 14.1. The van der Waals surface area contributed by atoms with Gasteiger partial charge in [-0.3, -0.25) is 0 Å². The van der Waals surface area contributed by atoms with E-state index in [1.54, 1.807) is 13.2 Å². The first-order valence-corrected chi connectivity index (χ1v) is 8.22. The van der Waals surface area contributed by atoms with Crippen LogP contribution in [-0.2, 0) is 11.3 Å². The molecule has 0 aliphatic rings. The minimum absolute atomic E-state index is 0.189. The maximum absolute atomic E-state index is 14.1. The topological polar surface area (TPSA) is 21.3 Å². The zero-order valence-electron chi connectivity index (χ0n) is 11.7. The molecule has 5 heteroatoms. The SMILES string of the molecule is COCCNCc1cccc(F)c1Sc1cccc(Br)c1. The summed E-state index contributed by atoms with van der Waals surface area (Å²) in [6.07, 6.45) is 0. The van der Waals surface area contributed by atoms with Crippen LogP contribution in [-0.4, -0.2) is 20.3 Å². The van der Waals surface area contributed by atoms with E-state index in [0.717, 1.165) is 21.5 Å². The van der Waals surface area contributed by atoms with Crippen molar-refractivity contribution < 1.29 is 9.13 Å². The summed E-state index contributed by atoms with van der Waals surface area (Å²) in [4.78, 5) is 1.67. The van der Waals surface area contributed by atoms with E-state index in [2.05, 4.69) is 21.2 Å². The van der Waals surface area contributed by atoms with E-state index in [-0.39, 0.29) is 5.82 Å². The Morgan fingerprint density at radius 3 is 2.81 bits per heavy atom. The van der Waals surface area contributed by atoms with E-state index < -0.39 is 0 Å². The molecule has 2 aromatic rings. The quantitative estimate of drug-likeness (QED) is 0.727. The lowest BCUT2D eigenvalue weighted by molar-refractivity contribution is 0.199. The standard InChI is InChI=1S/C16H17BrFNOS/c1-20-9-8-19-11-12-4-2-7-15(18)16(12)21-14-6-3-5-13(17)10-14/h2-7,10,19H,8-9,11H2,1H3. The Labute approximate surface area is 137 Å². The van der Waals surface area contributed by atoms with Crippen molar-refractivity contribution in [2.45, 2.75) is 16.3 Å². The highest BCUT2D eigenvalue weighted by Gasteiger charge is 2.10. The van der Waals surface area contributed by atoms with Crippen molar-refractivity contribution in [1.82, 2.24) is 5.32 Å². The normalized spacial score (nSPS) is 10.8. The van der Waals surface area contributed by atoms with Gasteiger partial charge in [-0.2, -0.15) is 0 Å². The highest BCUT2D eigenvalue weighted by Crippen LogP contribution is 2.33. The molecule has 2 rings (SSSR count). The van der Waals surface area contributed by atoms with Gasteiger partial charge >= 0.3 is 0 Å². The van der Waals surface area contributed by atoms with E-state index in [1.807, 2.05) is 30.3 Å². The van der Waals surface area contributed by atoms with Gasteiger partial charge in [0, 0.05) is 29.6 Å². The van der Waals surface area contributed by atoms with Crippen molar-refractivity contribution in [3.8, 4) is 0 Å². The molecular formula is C16H17BrFNOS. The van der Waals surface area contributed by atoms with Gasteiger partial charge in [-0.15, -0.1) is 0 Å². The number of hydrogen-bond donors (Lipinski definition) is 1. The van der Waals surface area contributed by atoms with Gasteiger partial charge in [-0.25, -0.2) is 4.39 Å².